The van der Waals surface area contributed by atoms with E-state index >= 15 is 0 Å². The summed E-state index contributed by atoms with van der Waals surface area (Å²) >= 11 is 0. The molecule has 74 heavy (non-hydrogen) atoms. The molecule has 12 aromatic rings. The summed E-state index contributed by atoms with van der Waals surface area (Å²) in [5, 5.41) is 7.54. The van der Waals surface area contributed by atoms with E-state index in [1.165, 1.54) is 99.3 Å². The summed E-state index contributed by atoms with van der Waals surface area (Å²) < 4.78 is 0. The van der Waals surface area contributed by atoms with Crippen LogP contribution in [-0.4, -0.2) is 6.04 Å². The summed E-state index contributed by atoms with van der Waals surface area (Å²) in [5.41, 5.74) is 19.1. The number of nitrogens with zero attached hydrogens (tertiary/aromatic N) is 2. The van der Waals surface area contributed by atoms with Gasteiger partial charge in [0.25, 0.3) is 0 Å². The molecule has 0 saturated carbocycles. The van der Waals surface area contributed by atoms with Crippen molar-refractivity contribution < 1.29 is 0 Å². The van der Waals surface area contributed by atoms with Gasteiger partial charge in [0.05, 0.1) is 6.04 Å². The third-order valence-corrected chi connectivity index (χ3v) is 15.4. The molecule has 12 aromatic carbocycles. The van der Waals surface area contributed by atoms with Crippen LogP contribution >= 0.6 is 0 Å². The Morgan fingerprint density at radius 3 is 1.57 bits per heavy atom. The highest BCUT2D eigenvalue weighted by atomic mass is 15.2. The van der Waals surface area contributed by atoms with E-state index in [1.54, 1.807) is 0 Å². The molecular formula is C72H50N2. The van der Waals surface area contributed by atoms with Crippen molar-refractivity contribution in [3.05, 3.63) is 297 Å². The minimum absolute atomic E-state index is 0.264. The third kappa shape index (κ3) is 7.59. The van der Waals surface area contributed by atoms with Gasteiger partial charge in [-0.2, -0.15) is 0 Å². The van der Waals surface area contributed by atoms with Crippen LogP contribution in [0.25, 0.3) is 88.0 Å². The van der Waals surface area contributed by atoms with Crippen LogP contribution in [0.2, 0.25) is 0 Å². The van der Waals surface area contributed by atoms with E-state index in [0.717, 1.165) is 22.6 Å². The second-order valence-corrected chi connectivity index (χ2v) is 19.6. The Hall–Kier alpha value is -9.50. The number of hydrogen-bond donors (Lipinski definition) is 0. The van der Waals surface area contributed by atoms with E-state index in [9.17, 15) is 0 Å². The lowest BCUT2D eigenvalue weighted by molar-refractivity contribution is 0.745. The number of benzene rings is 12. The molecule has 0 amide bonds. The van der Waals surface area contributed by atoms with Gasteiger partial charge in [0.1, 0.15) is 0 Å². The van der Waals surface area contributed by atoms with Crippen molar-refractivity contribution in [2.24, 2.45) is 0 Å². The van der Waals surface area contributed by atoms with Crippen LogP contribution in [0, 0.1) is 0 Å². The van der Waals surface area contributed by atoms with Crippen LogP contribution in [0.4, 0.5) is 28.4 Å². The number of rotatable bonds is 9. The molecule has 2 atom stereocenters. The minimum atomic E-state index is 0.264. The first kappa shape index (κ1) is 43.3. The van der Waals surface area contributed by atoms with Gasteiger partial charge < -0.3 is 9.80 Å². The number of allylic oxidation sites excluding steroid dienone is 2. The number of hydrogen-bond acceptors (Lipinski definition) is 2. The average molecular weight is 943 g/mol. The van der Waals surface area contributed by atoms with Crippen molar-refractivity contribution in [1.29, 1.82) is 0 Å². The molecule has 0 saturated heterocycles. The maximum absolute atomic E-state index is 2.51. The molecular weight excluding hydrogens is 893 g/mol. The molecule has 0 aromatic heterocycles. The molecule has 14 rings (SSSR count). The Morgan fingerprint density at radius 1 is 0.311 bits per heavy atom. The van der Waals surface area contributed by atoms with Crippen molar-refractivity contribution >= 4 is 60.8 Å². The van der Waals surface area contributed by atoms with Crippen molar-refractivity contribution in [3.8, 4) is 55.6 Å². The molecule has 1 aliphatic carbocycles. The Bertz CT molecular complexity index is 4120. The first-order chi connectivity index (χ1) is 36.7. The topological polar surface area (TPSA) is 6.48 Å². The summed E-state index contributed by atoms with van der Waals surface area (Å²) in [7, 11) is 0. The smallest absolute Gasteiger partial charge is 0.0629 e. The summed E-state index contributed by atoms with van der Waals surface area (Å²) in [6.07, 6.45) is 9.05. The van der Waals surface area contributed by atoms with Gasteiger partial charge >= 0.3 is 0 Å². The van der Waals surface area contributed by atoms with Crippen LogP contribution in [0.3, 0.4) is 0 Å². The molecule has 2 unspecified atom stereocenters. The molecule has 1 heterocycles. The maximum atomic E-state index is 2.51. The number of anilines is 5. The molecule has 1 aliphatic heterocycles. The highest BCUT2D eigenvalue weighted by molar-refractivity contribution is 6.14. The van der Waals surface area contributed by atoms with Gasteiger partial charge in [-0.3, -0.25) is 0 Å². The van der Waals surface area contributed by atoms with Gasteiger partial charge in [0.2, 0.25) is 0 Å². The fraction of sp³-hybridized carbons (Fsp3) is 0.0278. The Labute approximate surface area is 432 Å². The molecule has 0 radical (unpaired) electrons. The van der Waals surface area contributed by atoms with Crippen molar-refractivity contribution in [2.45, 2.75) is 12.0 Å². The van der Waals surface area contributed by atoms with Gasteiger partial charge in [0, 0.05) is 34.4 Å². The SMILES string of the molecule is C1=CC2c3ccccc3N(c3cccc(-c4ccc(-c5cccc(N(c6ccc(-c7cc8ccccc8c8ccccc78)cc6)c6ccc(-c7cccc8cccc(-c9ccccc9)c78)cc6)c5)cc4)c3)C2C=C1. The monoisotopic (exact) mass is 942 g/mol. The zero-order valence-corrected chi connectivity index (χ0v) is 40.8. The Balaban J connectivity index is 0.830. The molecule has 0 fully saturated rings. The van der Waals surface area contributed by atoms with Gasteiger partial charge in [-0.15, -0.1) is 0 Å². The van der Waals surface area contributed by atoms with Crippen molar-refractivity contribution in [1.82, 2.24) is 0 Å². The van der Waals surface area contributed by atoms with Gasteiger partial charge in [0.15, 0.2) is 0 Å². The van der Waals surface area contributed by atoms with Crippen LogP contribution in [0.15, 0.2) is 291 Å². The van der Waals surface area contributed by atoms with E-state index < -0.39 is 0 Å². The van der Waals surface area contributed by atoms with E-state index in [-0.39, 0.29) is 6.04 Å². The van der Waals surface area contributed by atoms with E-state index in [0.29, 0.717) is 5.92 Å². The van der Waals surface area contributed by atoms with Crippen molar-refractivity contribution in [2.75, 3.05) is 9.80 Å². The highest BCUT2D eigenvalue weighted by Crippen LogP contribution is 2.48. The maximum Gasteiger partial charge on any atom is 0.0629 e. The summed E-state index contributed by atoms with van der Waals surface area (Å²) in [4.78, 5) is 4.90. The molecule has 2 heteroatoms. The second kappa shape index (κ2) is 18.3. The summed E-state index contributed by atoms with van der Waals surface area (Å²) in [5.74, 6) is 0.351. The van der Waals surface area contributed by atoms with Crippen molar-refractivity contribution in [3.63, 3.8) is 0 Å². The standard InChI is InChI=1S/C72H50N2/c1-2-16-51(17-3-1)63-30-14-19-54-20-15-31-64(72(54)63)52-38-42-58(43-39-52)73(59-44-40-53(41-45-59)69-48-57-18-4-5-25-62(57)65-26-6-7-27-66(65)69)60-23-12-21-55(46-60)49-34-36-50(37-35-49)56-22-13-24-61(47-56)74-70-32-10-8-28-67(70)68-29-9-11-33-71(68)74/h1-48,67,70H. The lowest BCUT2D eigenvalue weighted by Crippen LogP contribution is -2.28. The molecule has 0 spiro atoms. The fourth-order valence-electron chi connectivity index (χ4n) is 11.9. The quantitative estimate of drug-likeness (QED) is 0.133. The molecule has 0 N–H and O–H groups in total. The first-order valence-corrected chi connectivity index (χ1v) is 25.7. The third-order valence-electron chi connectivity index (χ3n) is 15.4. The number of fused-ring (bicyclic) bond motifs is 7. The van der Waals surface area contributed by atoms with Crippen LogP contribution < -0.4 is 9.80 Å². The van der Waals surface area contributed by atoms with Crippen LogP contribution in [0.5, 0.6) is 0 Å². The van der Waals surface area contributed by atoms with Gasteiger partial charge in [-0.05, 0) is 154 Å². The van der Waals surface area contributed by atoms with Crippen LogP contribution in [-0.2, 0) is 0 Å². The minimum Gasteiger partial charge on any atom is -0.333 e. The van der Waals surface area contributed by atoms with Gasteiger partial charge in [-0.25, -0.2) is 0 Å². The largest absolute Gasteiger partial charge is 0.333 e. The van der Waals surface area contributed by atoms with E-state index in [1.807, 2.05) is 0 Å². The lowest BCUT2D eigenvalue weighted by Gasteiger charge is -2.29. The predicted molar refractivity (Wildman–Crippen MR) is 314 cm³/mol. The van der Waals surface area contributed by atoms with Gasteiger partial charge in [-0.1, -0.05) is 231 Å². The second-order valence-electron chi connectivity index (χ2n) is 19.6. The Morgan fingerprint density at radius 2 is 0.838 bits per heavy atom. The average Bonchev–Trinajstić information content (AvgIpc) is 3.82. The van der Waals surface area contributed by atoms with Crippen LogP contribution in [0.1, 0.15) is 11.5 Å². The number of para-hydroxylation sites is 1. The summed E-state index contributed by atoms with van der Waals surface area (Å²) in [6.45, 7) is 0. The fourth-order valence-corrected chi connectivity index (χ4v) is 11.9. The molecule has 2 nitrogen and oxygen atoms in total. The molecule has 2 aliphatic rings. The summed E-state index contributed by atoms with van der Waals surface area (Å²) in [6, 6.07) is 98.4. The predicted octanol–water partition coefficient (Wildman–Crippen LogP) is 19.7. The zero-order chi connectivity index (χ0) is 49.0. The van der Waals surface area contributed by atoms with E-state index in [2.05, 4.69) is 301 Å². The zero-order valence-electron chi connectivity index (χ0n) is 40.8. The molecule has 348 valence electrons. The lowest BCUT2D eigenvalue weighted by atomic mass is 9.91. The normalized spacial score (nSPS) is 14.6. The highest BCUT2D eigenvalue weighted by Gasteiger charge is 2.37. The molecule has 0 bridgehead atoms. The Kier molecular flexibility index (Phi) is 10.7. The first-order valence-electron chi connectivity index (χ1n) is 25.7. The van der Waals surface area contributed by atoms with E-state index in [4.69, 9.17) is 0 Å².